The summed E-state index contributed by atoms with van der Waals surface area (Å²) >= 11 is 0. The van der Waals surface area contributed by atoms with E-state index < -0.39 is 0 Å². The fourth-order valence-corrected chi connectivity index (χ4v) is 6.91. The maximum absolute atomic E-state index is 10.8. The van der Waals surface area contributed by atoms with E-state index in [9.17, 15) is 10.2 Å². The molecule has 0 radical (unpaired) electrons. The van der Waals surface area contributed by atoms with Gasteiger partial charge in [0.1, 0.15) is 0 Å². The maximum atomic E-state index is 10.8. The summed E-state index contributed by atoms with van der Waals surface area (Å²) in [6.45, 7) is 0. The van der Waals surface area contributed by atoms with Crippen molar-refractivity contribution in [1.82, 2.24) is 0 Å². The van der Waals surface area contributed by atoms with Crippen molar-refractivity contribution in [3.8, 4) is 0 Å². The van der Waals surface area contributed by atoms with Gasteiger partial charge in [-0.05, 0) is 38.5 Å². The van der Waals surface area contributed by atoms with Crippen molar-refractivity contribution in [3.05, 3.63) is 0 Å². The predicted octanol–water partition coefficient (Wildman–Crippen LogP) is 1.84. The Kier molecular flexibility index (Phi) is 1.12. The Morgan fingerprint density at radius 1 is 0.625 bits per heavy atom. The number of aliphatic hydroxyl groups is 2. The highest BCUT2D eigenvalue weighted by Gasteiger charge is 2.92. The number of aliphatic hydroxyl groups excluding tert-OH is 2. The molecule has 5 aliphatic carbocycles. The lowest BCUT2D eigenvalue weighted by Crippen LogP contribution is -2.48. The summed E-state index contributed by atoms with van der Waals surface area (Å²) in [6.07, 6.45) is 9.32. The zero-order valence-corrected chi connectivity index (χ0v) is 9.71. The van der Waals surface area contributed by atoms with Crippen LogP contribution in [0.3, 0.4) is 0 Å². The molecule has 2 heteroatoms. The lowest BCUT2D eigenvalue weighted by Gasteiger charge is -2.42. The Morgan fingerprint density at radius 2 is 0.938 bits per heavy atom. The molecule has 0 heterocycles. The van der Waals surface area contributed by atoms with E-state index in [0.717, 1.165) is 12.8 Å². The second-order valence-corrected chi connectivity index (χ2v) is 7.49. The Morgan fingerprint density at radius 3 is 1.25 bits per heavy atom. The van der Waals surface area contributed by atoms with Gasteiger partial charge in [-0.1, -0.05) is 12.8 Å². The van der Waals surface area contributed by atoms with Crippen molar-refractivity contribution in [2.75, 3.05) is 0 Å². The van der Waals surface area contributed by atoms with Crippen LogP contribution in [-0.2, 0) is 0 Å². The first kappa shape index (κ1) is 8.93. The molecule has 16 heavy (non-hydrogen) atoms. The average Bonchev–Trinajstić information content (AvgIpc) is 3.05. The quantitative estimate of drug-likeness (QED) is 0.654. The van der Waals surface area contributed by atoms with Crippen LogP contribution in [0.25, 0.3) is 0 Å². The largest absolute Gasteiger partial charge is 0.392 e. The minimum atomic E-state index is -0.0756. The van der Waals surface area contributed by atoms with Crippen LogP contribution >= 0.6 is 0 Å². The van der Waals surface area contributed by atoms with Crippen LogP contribution in [-0.4, -0.2) is 22.4 Å². The van der Waals surface area contributed by atoms with E-state index in [4.69, 9.17) is 0 Å². The number of hydrogen-bond acceptors (Lipinski definition) is 2. The first-order valence-electron chi connectivity index (χ1n) is 7.00. The molecule has 5 fully saturated rings. The first-order valence-corrected chi connectivity index (χ1v) is 7.00. The third-order valence-electron chi connectivity index (χ3n) is 7.58. The van der Waals surface area contributed by atoms with Gasteiger partial charge in [-0.3, -0.25) is 0 Å². The molecule has 5 rings (SSSR count). The van der Waals surface area contributed by atoms with Gasteiger partial charge in [-0.15, -0.1) is 0 Å². The topological polar surface area (TPSA) is 40.5 Å². The summed E-state index contributed by atoms with van der Waals surface area (Å²) in [7, 11) is 0. The highest BCUT2D eigenvalue weighted by molar-refractivity contribution is 5.41. The predicted molar refractivity (Wildman–Crippen MR) is 58.7 cm³/mol. The Bertz CT molecular complexity index is 338. The molecule has 0 amide bonds. The highest BCUT2D eigenvalue weighted by atomic mass is 16.3. The van der Waals surface area contributed by atoms with Gasteiger partial charge in [0.15, 0.2) is 0 Å². The van der Waals surface area contributed by atoms with Crippen molar-refractivity contribution in [1.29, 1.82) is 0 Å². The fraction of sp³-hybridized carbons (Fsp3) is 1.00. The summed E-state index contributed by atoms with van der Waals surface area (Å²) < 4.78 is 0. The van der Waals surface area contributed by atoms with E-state index in [1.807, 2.05) is 0 Å². The van der Waals surface area contributed by atoms with Crippen molar-refractivity contribution in [2.24, 2.45) is 21.7 Å². The van der Waals surface area contributed by atoms with E-state index in [2.05, 4.69) is 0 Å². The summed E-state index contributed by atoms with van der Waals surface area (Å²) in [5.74, 6) is 0. The lowest BCUT2D eigenvalue weighted by atomic mass is 9.67. The van der Waals surface area contributed by atoms with Crippen LogP contribution in [0.1, 0.15) is 51.4 Å². The van der Waals surface area contributed by atoms with Gasteiger partial charge >= 0.3 is 0 Å². The number of hydrogen-bond donors (Lipinski definition) is 2. The zero-order valence-electron chi connectivity index (χ0n) is 9.71. The molecule has 0 spiro atoms. The van der Waals surface area contributed by atoms with Crippen LogP contribution in [0, 0.1) is 21.7 Å². The van der Waals surface area contributed by atoms with E-state index in [-0.39, 0.29) is 33.9 Å². The molecule has 5 aliphatic rings. The van der Waals surface area contributed by atoms with E-state index >= 15 is 0 Å². The second kappa shape index (κ2) is 2.01. The third-order valence-corrected chi connectivity index (χ3v) is 7.58. The minimum absolute atomic E-state index is 0.0756. The van der Waals surface area contributed by atoms with Gasteiger partial charge in [0.2, 0.25) is 0 Å². The van der Waals surface area contributed by atoms with Crippen LogP contribution < -0.4 is 0 Å². The normalized spacial score (nSPS) is 73.9. The summed E-state index contributed by atoms with van der Waals surface area (Å²) in [5, 5.41) is 21.7. The van der Waals surface area contributed by atoms with Crippen molar-refractivity contribution in [3.63, 3.8) is 0 Å². The molecular weight excluding hydrogens is 200 g/mol. The smallest absolute Gasteiger partial charge is 0.0665 e. The molecule has 0 bridgehead atoms. The molecule has 0 aliphatic heterocycles. The Labute approximate surface area is 96.0 Å². The highest BCUT2D eigenvalue weighted by Crippen LogP contribution is 2.93. The van der Waals surface area contributed by atoms with Crippen molar-refractivity contribution < 1.29 is 10.2 Å². The third kappa shape index (κ3) is 0.535. The fourth-order valence-electron chi connectivity index (χ4n) is 6.91. The van der Waals surface area contributed by atoms with Crippen molar-refractivity contribution in [2.45, 2.75) is 63.6 Å². The Hall–Kier alpha value is -0.0800. The van der Waals surface area contributed by atoms with Crippen LogP contribution in [0.4, 0.5) is 0 Å². The van der Waals surface area contributed by atoms with Gasteiger partial charge in [-0.25, -0.2) is 0 Å². The van der Waals surface area contributed by atoms with Crippen LogP contribution in [0.5, 0.6) is 0 Å². The Balaban J connectivity index is 1.72. The molecule has 2 nitrogen and oxygen atoms in total. The van der Waals surface area contributed by atoms with Crippen LogP contribution in [0.2, 0.25) is 0 Å². The van der Waals surface area contributed by atoms with Gasteiger partial charge < -0.3 is 10.2 Å². The lowest BCUT2D eigenvalue weighted by molar-refractivity contribution is -0.0969. The molecule has 0 aromatic carbocycles. The van der Waals surface area contributed by atoms with E-state index in [1.54, 1.807) is 0 Å². The minimum Gasteiger partial charge on any atom is -0.392 e. The molecule has 0 aromatic heterocycles. The summed E-state index contributed by atoms with van der Waals surface area (Å²) in [6, 6.07) is 0. The van der Waals surface area contributed by atoms with Gasteiger partial charge in [-0.2, -0.15) is 0 Å². The van der Waals surface area contributed by atoms with Crippen LogP contribution in [0.15, 0.2) is 0 Å². The molecule has 88 valence electrons. The SMILES string of the molecule is OC1C23CCCC2(C3)C(O)C23CCCC12C3. The van der Waals surface area contributed by atoms with E-state index in [1.165, 1.54) is 38.5 Å². The summed E-state index contributed by atoms with van der Waals surface area (Å²) in [4.78, 5) is 0. The van der Waals surface area contributed by atoms with Gasteiger partial charge in [0, 0.05) is 21.7 Å². The molecular formula is C14H20O2. The molecule has 5 saturated carbocycles. The van der Waals surface area contributed by atoms with Gasteiger partial charge in [0.25, 0.3) is 0 Å². The standard InChI is InChI=1S/C14H20O2/c15-9-11-3-1-4-12(11,7-11)10(16)14-6-2-5-13(9,14)8-14/h9-10,15-16H,1-8H2. The molecule has 0 saturated heterocycles. The first-order chi connectivity index (χ1) is 7.64. The van der Waals surface area contributed by atoms with Gasteiger partial charge in [0.05, 0.1) is 12.2 Å². The molecule has 0 aromatic rings. The van der Waals surface area contributed by atoms with E-state index in [0.29, 0.717) is 0 Å². The maximum Gasteiger partial charge on any atom is 0.0665 e. The molecule has 4 unspecified atom stereocenters. The zero-order chi connectivity index (χ0) is 10.8. The number of rotatable bonds is 0. The average molecular weight is 220 g/mol. The van der Waals surface area contributed by atoms with Crippen molar-refractivity contribution >= 4 is 0 Å². The summed E-state index contributed by atoms with van der Waals surface area (Å²) in [5.41, 5.74) is 0.654. The monoisotopic (exact) mass is 220 g/mol. The molecule has 4 atom stereocenters. The molecule has 2 N–H and O–H groups in total. The second-order valence-electron chi connectivity index (χ2n) is 7.49.